The highest BCUT2D eigenvalue weighted by Crippen LogP contribution is 2.27. The third-order valence-electron chi connectivity index (χ3n) is 7.35. The Kier molecular flexibility index (Phi) is 12.7. The van der Waals surface area contributed by atoms with Crippen molar-refractivity contribution in [2.45, 2.75) is 19.9 Å². The van der Waals surface area contributed by atoms with Gasteiger partial charge in [-0.05, 0) is 42.8 Å². The number of likely N-dealkylation sites (N-methyl/N-ethyl adjacent to an activating group) is 1. The van der Waals surface area contributed by atoms with Gasteiger partial charge in [0.15, 0.2) is 11.0 Å². The molecule has 246 valence electrons. The number of aromatic nitrogens is 5. The summed E-state index contributed by atoms with van der Waals surface area (Å²) in [5, 5.41) is 8.61. The van der Waals surface area contributed by atoms with Crippen molar-refractivity contribution in [1.82, 2.24) is 25.0 Å². The van der Waals surface area contributed by atoms with Gasteiger partial charge in [-0.25, -0.2) is 9.67 Å². The molecule has 0 aliphatic carbocycles. The van der Waals surface area contributed by atoms with E-state index in [0.29, 0.717) is 94.9 Å². The summed E-state index contributed by atoms with van der Waals surface area (Å²) in [6.07, 6.45) is 4.41. The quantitative estimate of drug-likeness (QED) is 0.118. The van der Waals surface area contributed by atoms with Crippen molar-refractivity contribution in [1.29, 1.82) is 0 Å². The van der Waals surface area contributed by atoms with E-state index in [1.807, 2.05) is 43.6 Å². The first-order valence-electron chi connectivity index (χ1n) is 15.6. The monoisotopic (exact) mass is 634 g/mol. The number of hydrogen-bond acceptors (Lipinski definition) is 11. The van der Waals surface area contributed by atoms with Gasteiger partial charge in [-0.2, -0.15) is 0 Å². The number of fused-ring (bicyclic) bond motifs is 3. The normalized spacial score (nSPS) is 11.6. The van der Waals surface area contributed by atoms with Gasteiger partial charge in [0.25, 0.3) is 0 Å². The zero-order valence-electron chi connectivity index (χ0n) is 26.5. The number of anilines is 1. The molecule has 13 heteroatoms. The molecule has 3 heterocycles. The molecule has 5 aromatic rings. The standard InChI is InChI=1S/C33H42N6O7/c1-3-26-23-39(37-36-26)11-13-42-15-17-44-19-21-45-20-18-43-16-14-41-12-10-38(2)27-6-4-25(5-7-27)31-22-30(40)28-8-9-29-32(33(28)46-31)35-24-34-29/h4-9,22-24H,3,10-21H2,1-2H3,(H,34,35). The number of nitrogens with zero attached hydrogens (tertiary/aromatic N) is 5. The SMILES string of the molecule is CCc1cn(CCOCCOCCOCCOCCOCCN(C)c2ccc(-c3cc(=O)c4ccc5[nH]cnc5c4o3)cc2)nn1. The van der Waals surface area contributed by atoms with Crippen molar-refractivity contribution < 1.29 is 28.1 Å². The Morgan fingerprint density at radius 1 is 0.848 bits per heavy atom. The maximum absolute atomic E-state index is 12.7. The molecule has 0 unspecified atom stereocenters. The lowest BCUT2D eigenvalue weighted by molar-refractivity contribution is -0.0111. The lowest BCUT2D eigenvalue weighted by Crippen LogP contribution is -2.23. The molecule has 0 radical (unpaired) electrons. The average Bonchev–Trinajstić information content (AvgIpc) is 3.76. The minimum atomic E-state index is -0.0967. The summed E-state index contributed by atoms with van der Waals surface area (Å²) in [4.78, 5) is 22.2. The van der Waals surface area contributed by atoms with Gasteiger partial charge in [-0.1, -0.05) is 12.1 Å². The maximum Gasteiger partial charge on any atom is 0.193 e. The third kappa shape index (κ3) is 9.44. The Morgan fingerprint density at radius 3 is 2.15 bits per heavy atom. The van der Waals surface area contributed by atoms with E-state index < -0.39 is 0 Å². The largest absolute Gasteiger partial charge is 0.453 e. The molecule has 0 atom stereocenters. The molecule has 13 nitrogen and oxygen atoms in total. The van der Waals surface area contributed by atoms with Crippen molar-refractivity contribution in [3.05, 3.63) is 70.9 Å². The number of ether oxygens (including phenoxy) is 5. The highest BCUT2D eigenvalue weighted by molar-refractivity contribution is 6.00. The molecule has 0 aliphatic heterocycles. The molecule has 46 heavy (non-hydrogen) atoms. The average molecular weight is 635 g/mol. The predicted octanol–water partition coefficient (Wildman–Crippen LogP) is 3.71. The second-order valence-electron chi connectivity index (χ2n) is 10.6. The Balaban J connectivity index is 0.871. The fourth-order valence-corrected chi connectivity index (χ4v) is 4.72. The number of rotatable bonds is 21. The Labute approximate surface area is 267 Å². The maximum atomic E-state index is 12.7. The molecular weight excluding hydrogens is 592 g/mol. The summed E-state index contributed by atoms with van der Waals surface area (Å²) in [7, 11) is 2.01. The summed E-state index contributed by atoms with van der Waals surface area (Å²) >= 11 is 0. The molecule has 0 bridgehead atoms. The van der Waals surface area contributed by atoms with Gasteiger partial charge in [0.05, 0.1) is 95.5 Å². The molecule has 0 spiro atoms. The summed E-state index contributed by atoms with van der Waals surface area (Å²) in [5.74, 6) is 0.506. The summed E-state index contributed by atoms with van der Waals surface area (Å²) in [6, 6.07) is 13.0. The zero-order valence-corrected chi connectivity index (χ0v) is 26.5. The van der Waals surface area contributed by atoms with E-state index in [9.17, 15) is 4.79 Å². The van der Waals surface area contributed by atoms with Crippen LogP contribution in [0.2, 0.25) is 0 Å². The van der Waals surface area contributed by atoms with Crippen LogP contribution in [0.5, 0.6) is 0 Å². The number of aryl methyl sites for hydroxylation is 1. The highest BCUT2D eigenvalue weighted by Gasteiger charge is 2.12. The first kappa shape index (κ1) is 33.2. The molecule has 1 N–H and O–H groups in total. The molecule has 0 fully saturated rings. The van der Waals surface area contributed by atoms with Crippen molar-refractivity contribution in [2.75, 3.05) is 84.6 Å². The van der Waals surface area contributed by atoms with Crippen molar-refractivity contribution in [2.24, 2.45) is 0 Å². The first-order valence-corrected chi connectivity index (χ1v) is 15.6. The van der Waals surface area contributed by atoms with Crippen LogP contribution in [-0.2, 0) is 36.6 Å². The lowest BCUT2D eigenvalue weighted by atomic mass is 10.1. The number of imidazole rings is 1. The first-order chi connectivity index (χ1) is 22.6. The van der Waals surface area contributed by atoms with Gasteiger partial charge in [0.1, 0.15) is 11.3 Å². The van der Waals surface area contributed by atoms with E-state index in [1.165, 1.54) is 6.07 Å². The fraction of sp³-hybridized carbons (Fsp3) is 0.455. The molecule has 0 amide bonds. The second-order valence-corrected chi connectivity index (χ2v) is 10.6. The molecule has 3 aromatic heterocycles. The smallest absolute Gasteiger partial charge is 0.193 e. The topological polar surface area (TPSA) is 139 Å². The van der Waals surface area contributed by atoms with Crippen LogP contribution in [0.4, 0.5) is 5.69 Å². The van der Waals surface area contributed by atoms with Gasteiger partial charge >= 0.3 is 0 Å². The van der Waals surface area contributed by atoms with E-state index in [-0.39, 0.29) is 5.43 Å². The van der Waals surface area contributed by atoms with E-state index in [0.717, 1.165) is 35.4 Å². The van der Waals surface area contributed by atoms with Crippen LogP contribution in [0.1, 0.15) is 12.6 Å². The van der Waals surface area contributed by atoms with Crippen molar-refractivity contribution >= 4 is 27.7 Å². The third-order valence-corrected chi connectivity index (χ3v) is 7.35. The van der Waals surface area contributed by atoms with E-state index in [1.54, 1.807) is 17.1 Å². The lowest BCUT2D eigenvalue weighted by Gasteiger charge is -2.19. The van der Waals surface area contributed by atoms with E-state index in [2.05, 4.69) is 32.1 Å². The number of aromatic amines is 1. The summed E-state index contributed by atoms with van der Waals surface area (Å²) in [6.45, 7) is 8.70. The number of benzene rings is 2. The molecule has 2 aromatic carbocycles. The van der Waals surface area contributed by atoms with Crippen LogP contribution in [0.3, 0.4) is 0 Å². The van der Waals surface area contributed by atoms with Crippen LogP contribution in [-0.4, -0.2) is 105 Å². The zero-order chi connectivity index (χ0) is 32.0. The van der Waals surface area contributed by atoms with Crippen LogP contribution < -0.4 is 10.3 Å². The minimum absolute atomic E-state index is 0.0967. The van der Waals surface area contributed by atoms with Gasteiger partial charge in [0, 0.05) is 37.1 Å². The van der Waals surface area contributed by atoms with Gasteiger partial charge in [-0.3, -0.25) is 4.79 Å². The van der Waals surface area contributed by atoms with E-state index >= 15 is 0 Å². The fourth-order valence-electron chi connectivity index (χ4n) is 4.72. The van der Waals surface area contributed by atoms with Gasteiger partial charge in [0.2, 0.25) is 0 Å². The van der Waals surface area contributed by atoms with Crippen LogP contribution >= 0.6 is 0 Å². The van der Waals surface area contributed by atoms with Gasteiger partial charge in [-0.15, -0.1) is 5.10 Å². The highest BCUT2D eigenvalue weighted by atomic mass is 16.6. The molecular formula is C33H42N6O7. The molecule has 0 saturated carbocycles. The molecule has 5 rings (SSSR count). The number of H-pyrrole nitrogens is 1. The Morgan fingerprint density at radius 2 is 1.50 bits per heavy atom. The number of hydrogen-bond donors (Lipinski definition) is 1. The van der Waals surface area contributed by atoms with E-state index in [4.69, 9.17) is 28.1 Å². The Hall–Kier alpha value is -4.14. The van der Waals surface area contributed by atoms with Crippen LogP contribution in [0.25, 0.3) is 33.3 Å². The Bertz CT molecular complexity index is 1680. The summed E-state index contributed by atoms with van der Waals surface area (Å²) in [5.41, 5.74) is 4.69. The van der Waals surface area contributed by atoms with Crippen LogP contribution in [0, 0.1) is 0 Å². The van der Waals surface area contributed by atoms with Crippen LogP contribution in [0.15, 0.2) is 64.2 Å². The molecule has 0 saturated heterocycles. The van der Waals surface area contributed by atoms with Crippen molar-refractivity contribution in [3.8, 4) is 11.3 Å². The van der Waals surface area contributed by atoms with Gasteiger partial charge < -0.3 is 38.0 Å². The predicted molar refractivity (Wildman–Crippen MR) is 174 cm³/mol. The van der Waals surface area contributed by atoms with Crippen molar-refractivity contribution in [3.63, 3.8) is 0 Å². The summed E-state index contributed by atoms with van der Waals surface area (Å²) < 4.78 is 35.8. The number of nitrogens with one attached hydrogen (secondary N) is 1. The minimum Gasteiger partial charge on any atom is -0.453 e. The molecule has 0 aliphatic rings. The second kappa shape index (κ2) is 17.5.